The van der Waals surface area contributed by atoms with Gasteiger partial charge in [0.15, 0.2) is 11.5 Å². The molecule has 1 aromatic carbocycles. The van der Waals surface area contributed by atoms with E-state index in [-0.39, 0.29) is 23.0 Å². The van der Waals surface area contributed by atoms with E-state index in [0.29, 0.717) is 10.9 Å². The van der Waals surface area contributed by atoms with E-state index in [0.717, 1.165) is 17.6 Å². The summed E-state index contributed by atoms with van der Waals surface area (Å²) >= 11 is 0. The molecule has 4 heteroatoms. The minimum atomic E-state index is -0.448. The second-order valence-electron chi connectivity index (χ2n) is 6.00. The fourth-order valence-corrected chi connectivity index (χ4v) is 2.34. The van der Waals surface area contributed by atoms with Gasteiger partial charge in [0.2, 0.25) is 0 Å². The van der Waals surface area contributed by atoms with E-state index in [2.05, 4.69) is 13.8 Å². The molecule has 0 fully saturated rings. The Labute approximate surface area is 135 Å². The van der Waals surface area contributed by atoms with Crippen molar-refractivity contribution in [2.24, 2.45) is 5.92 Å². The molecule has 0 aliphatic carbocycles. The van der Waals surface area contributed by atoms with Crippen molar-refractivity contribution in [3.05, 3.63) is 51.9 Å². The lowest BCUT2D eigenvalue weighted by Crippen LogP contribution is -2.10. The molecule has 0 radical (unpaired) electrons. The maximum atomic E-state index is 12.4. The van der Waals surface area contributed by atoms with Crippen LogP contribution in [0.5, 0.6) is 11.5 Å². The van der Waals surface area contributed by atoms with Crippen molar-refractivity contribution in [3.63, 3.8) is 0 Å². The van der Waals surface area contributed by atoms with Gasteiger partial charge < -0.3 is 14.6 Å². The highest BCUT2D eigenvalue weighted by molar-refractivity contribution is 5.84. The van der Waals surface area contributed by atoms with Crippen molar-refractivity contribution in [2.45, 2.75) is 34.1 Å². The largest absolute Gasteiger partial charge is 0.504 e. The van der Waals surface area contributed by atoms with Crippen molar-refractivity contribution in [2.75, 3.05) is 0 Å². The van der Waals surface area contributed by atoms with Crippen molar-refractivity contribution in [1.82, 2.24) is 0 Å². The highest BCUT2D eigenvalue weighted by atomic mass is 16.4. The zero-order chi connectivity index (χ0) is 17.1. The summed E-state index contributed by atoms with van der Waals surface area (Å²) in [6.07, 6.45) is 4.81. The van der Waals surface area contributed by atoms with Gasteiger partial charge in [0.05, 0.1) is 5.56 Å². The van der Waals surface area contributed by atoms with E-state index >= 15 is 0 Å². The van der Waals surface area contributed by atoms with Crippen molar-refractivity contribution >= 4 is 16.5 Å². The van der Waals surface area contributed by atoms with E-state index < -0.39 is 5.63 Å². The van der Waals surface area contributed by atoms with Gasteiger partial charge >= 0.3 is 5.63 Å². The van der Waals surface area contributed by atoms with Gasteiger partial charge in [-0.05, 0) is 43.9 Å². The third kappa shape index (κ3) is 3.65. The van der Waals surface area contributed by atoms with Gasteiger partial charge in [0.1, 0.15) is 5.58 Å². The quantitative estimate of drug-likeness (QED) is 0.491. The molecule has 4 nitrogen and oxygen atoms in total. The summed E-state index contributed by atoms with van der Waals surface area (Å²) < 4.78 is 5.32. The number of benzene rings is 1. The zero-order valence-corrected chi connectivity index (χ0v) is 13.9. The van der Waals surface area contributed by atoms with E-state index in [1.165, 1.54) is 12.1 Å². The van der Waals surface area contributed by atoms with Crippen LogP contribution in [0.15, 0.2) is 45.1 Å². The molecular weight excluding hydrogens is 292 g/mol. The van der Waals surface area contributed by atoms with Crippen LogP contribution < -0.4 is 5.63 Å². The fourth-order valence-electron chi connectivity index (χ4n) is 2.34. The van der Waals surface area contributed by atoms with Crippen LogP contribution >= 0.6 is 0 Å². The first-order chi connectivity index (χ1) is 10.8. The number of aromatic hydroxyl groups is 2. The standard InChI is InChI=1S/C19H22O4/c1-5-12(4)14(7-6-11(2)3)15-8-13-9-16(20)17(21)10-18(13)23-19(15)22/h6-10,12,20-21H,5H2,1-4H3/b14-7+. The van der Waals surface area contributed by atoms with Gasteiger partial charge in [-0.3, -0.25) is 0 Å². The zero-order valence-electron chi connectivity index (χ0n) is 13.9. The maximum Gasteiger partial charge on any atom is 0.343 e. The Morgan fingerprint density at radius 2 is 1.83 bits per heavy atom. The smallest absolute Gasteiger partial charge is 0.343 e. The Kier molecular flexibility index (Phi) is 4.94. The molecule has 2 aromatic rings. The Bertz CT molecular complexity index is 836. The summed E-state index contributed by atoms with van der Waals surface area (Å²) in [5, 5.41) is 19.8. The van der Waals surface area contributed by atoms with Crippen LogP contribution in [0, 0.1) is 5.92 Å². The average Bonchev–Trinajstić information content (AvgIpc) is 2.49. The molecule has 122 valence electrons. The summed E-state index contributed by atoms with van der Waals surface area (Å²) in [5.74, 6) is -0.358. The lowest BCUT2D eigenvalue weighted by Gasteiger charge is -2.14. The highest BCUT2D eigenvalue weighted by Crippen LogP contribution is 2.32. The van der Waals surface area contributed by atoms with Crippen LogP contribution in [-0.2, 0) is 0 Å². The Morgan fingerprint density at radius 3 is 2.43 bits per heavy atom. The molecule has 0 saturated heterocycles. The van der Waals surface area contributed by atoms with Gasteiger partial charge in [-0.15, -0.1) is 0 Å². The van der Waals surface area contributed by atoms with Crippen molar-refractivity contribution in [1.29, 1.82) is 0 Å². The minimum Gasteiger partial charge on any atom is -0.504 e. The summed E-state index contributed by atoms with van der Waals surface area (Å²) in [5.41, 5.74) is 2.32. The van der Waals surface area contributed by atoms with Gasteiger partial charge in [-0.2, -0.15) is 0 Å². The molecular formula is C19H22O4. The third-order valence-electron chi connectivity index (χ3n) is 3.88. The molecule has 1 atom stereocenters. The summed E-state index contributed by atoms with van der Waals surface area (Å²) in [6, 6.07) is 4.35. The first-order valence-electron chi connectivity index (χ1n) is 7.68. The van der Waals surface area contributed by atoms with Gasteiger partial charge in [0, 0.05) is 11.5 Å². The van der Waals surface area contributed by atoms with Gasteiger partial charge in [-0.25, -0.2) is 4.79 Å². The fraction of sp³-hybridized carbons (Fsp3) is 0.316. The lowest BCUT2D eigenvalue weighted by molar-refractivity contribution is 0.403. The molecule has 0 bridgehead atoms. The Balaban J connectivity index is 2.70. The van der Waals surface area contributed by atoms with Gasteiger partial charge in [0.25, 0.3) is 0 Å². The number of rotatable bonds is 4. The Hall–Kier alpha value is -2.49. The monoisotopic (exact) mass is 314 g/mol. The third-order valence-corrected chi connectivity index (χ3v) is 3.88. The Morgan fingerprint density at radius 1 is 1.17 bits per heavy atom. The predicted molar refractivity (Wildman–Crippen MR) is 92.7 cm³/mol. The molecule has 2 N–H and O–H groups in total. The van der Waals surface area contributed by atoms with Crippen molar-refractivity contribution < 1.29 is 14.6 Å². The number of hydrogen-bond donors (Lipinski definition) is 2. The van der Waals surface area contributed by atoms with Gasteiger partial charge in [-0.1, -0.05) is 31.6 Å². The van der Waals surface area contributed by atoms with E-state index in [9.17, 15) is 15.0 Å². The lowest BCUT2D eigenvalue weighted by atomic mass is 9.91. The summed E-state index contributed by atoms with van der Waals surface area (Å²) in [7, 11) is 0. The predicted octanol–water partition coefficient (Wildman–Crippen LogP) is 4.60. The van der Waals surface area contributed by atoms with Crippen molar-refractivity contribution in [3.8, 4) is 11.5 Å². The number of phenolic OH excluding ortho intramolecular Hbond substituents is 2. The first kappa shape index (κ1) is 16.9. The molecule has 0 amide bonds. The SMILES string of the molecule is CCC(C)/C(=C\C=C(C)C)c1cc2cc(O)c(O)cc2oc1=O. The normalized spacial score (nSPS) is 13.1. The number of hydrogen-bond acceptors (Lipinski definition) is 4. The van der Waals surface area contributed by atoms with Crippen LogP contribution in [0.1, 0.15) is 39.7 Å². The molecule has 1 unspecified atom stereocenters. The van der Waals surface area contributed by atoms with Crippen LogP contribution in [0.2, 0.25) is 0 Å². The van der Waals surface area contributed by atoms with Crippen LogP contribution in [0.3, 0.4) is 0 Å². The summed E-state index contributed by atoms with van der Waals surface area (Å²) in [6.45, 7) is 8.11. The van der Waals surface area contributed by atoms with Crippen LogP contribution in [0.25, 0.3) is 16.5 Å². The second kappa shape index (κ2) is 6.73. The number of phenols is 2. The molecule has 1 heterocycles. The highest BCUT2D eigenvalue weighted by Gasteiger charge is 2.16. The molecule has 1 aromatic heterocycles. The molecule has 0 saturated carbocycles. The molecule has 2 rings (SSSR count). The first-order valence-corrected chi connectivity index (χ1v) is 7.68. The number of allylic oxidation sites excluding steroid dienone is 4. The van der Waals surface area contributed by atoms with Crippen LogP contribution in [-0.4, -0.2) is 10.2 Å². The minimum absolute atomic E-state index is 0.191. The molecule has 0 spiro atoms. The average molecular weight is 314 g/mol. The topological polar surface area (TPSA) is 70.7 Å². The molecule has 0 aliphatic rings. The van der Waals surface area contributed by atoms with E-state index in [1.807, 2.05) is 26.0 Å². The van der Waals surface area contributed by atoms with E-state index in [4.69, 9.17) is 4.42 Å². The number of fused-ring (bicyclic) bond motifs is 1. The summed E-state index contributed by atoms with van der Waals surface area (Å²) in [4.78, 5) is 12.4. The second-order valence-corrected chi connectivity index (χ2v) is 6.00. The van der Waals surface area contributed by atoms with Crippen LogP contribution in [0.4, 0.5) is 0 Å². The van der Waals surface area contributed by atoms with E-state index in [1.54, 1.807) is 6.07 Å². The molecule has 0 aliphatic heterocycles. The molecule has 23 heavy (non-hydrogen) atoms. The maximum absolute atomic E-state index is 12.4.